The third kappa shape index (κ3) is 1.83. The van der Waals surface area contributed by atoms with Crippen molar-refractivity contribution < 1.29 is 14.3 Å². The van der Waals surface area contributed by atoms with Crippen LogP contribution in [0.2, 0.25) is 0 Å². The molecule has 1 fully saturated rings. The van der Waals surface area contributed by atoms with Crippen LogP contribution in [-0.2, 0) is 4.79 Å². The molecule has 0 spiro atoms. The summed E-state index contributed by atoms with van der Waals surface area (Å²) in [4.78, 5) is 11.0. The highest BCUT2D eigenvalue weighted by Gasteiger charge is 2.31. The number of furan rings is 1. The van der Waals surface area contributed by atoms with E-state index in [-0.39, 0.29) is 12.0 Å². The van der Waals surface area contributed by atoms with Gasteiger partial charge >= 0.3 is 5.97 Å². The van der Waals surface area contributed by atoms with Crippen molar-refractivity contribution in [3.05, 3.63) is 34.5 Å². The van der Waals surface area contributed by atoms with Gasteiger partial charge in [-0.3, -0.25) is 4.79 Å². The summed E-state index contributed by atoms with van der Waals surface area (Å²) >= 11 is 3.44. The van der Waals surface area contributed by atoms with Gasteiger partial charge in [0.15, 0.2) is 0 Å². The molecule has 5 heteroatoms. The van der Waals surface area contributed by atoms with E-state index in [1.165, 1.54) is 0 Å². The summed E-state index contributed by atoms with van der Waals surface area (Å²) in [5.41, 5.74) is 1.86. The van der Waals surface area contributed by atoms with Gasteiger partial charge in [-0.2, -0.15) is 0 Å². The van der Waals surface area contributed by atoms with Gasteiger partial charge in [0.2, 0.25) is 0 Å². The number of nitrogens with one attached hydrogen (secondary N) is 1. The van der Waals surface area contributed by atoms with Crippen molar-refractivity contribution in [1.82, 2.24) is 5.32 Å². The Morgan fingerprint density at radius 2 is 2.33 bits per heavy atom. The number of rotatable bonds is 2. The minimum absolute atomic E-state index is 0.0489. The lowest BCUT2D eigenvalue weighted by atomic mass is 9.99. The molecule has 2 heterocycles. The van der Waals surface area contributed by atoms with E-state index >= 15 is 0 Å². The minimum atomic E-state index is -0.738. The first kappa shape index (κ1) is 11.7. The molecule has 0 amide bonds. The van der Waals surface area contributed by atoms with Crippen molar-refractivity contribution in [3.63, 3.8) is 0 Å². The van der Waals surface area contributed by atoms with Gasteiger partial charge in [-0.25, -0.2) is 0 Å². The van der Waals surface area contributed by atoms with Crippen molar-refractivity contribution in [3.8, 4) is 0 Å². The number of aliphatic carboxylic acids is 1. The topological polar surface area (TPSA) is 62.5 Å². The summed E-state index contributed by atoms with van der Waals surface area (Å²) in [7, 11) is 0. The number of fused-ring (bicyclic) bond motifs is 1. The van der Waals surface area contributed by atoms with Gasteiger partial charge in [0.1, 0.15) is 11.8 Å². The monoisotopic (exact) mass is 309 g/mol. The molecule has 1 aromatic carbocycles. The maximum atomic E-state index is 11.0. The first-order valence-corrected chi connectivity index (χ1v) is 6.58. The van der Waals surface area contributed by atoms with Crippen molar-refractivity contribution in [2.45, 2.75) is 12.5 Å². The lowest BCUT2D eigenvalue weighted by molar-refractivity contribution is -0.141. The fourth-order valence-corrected chi connectivity index (χ4v) is 2.89. The average molecular weight is 310 g/mol. The number of benzene rings is 1. The minimum Gasteiger partial charge on any atom is -0.481 e. The molecule has 0 aliphatic carbocycles. The Hall–Kier alpha value is -1.33. The molecule has 18 heavy (non-hydrogen) atoms. The van der Waals surface area contributed by atoms with E-state index in [1.807, 2.05) is 18.2 Å². The number of hydrogen-bond acceptors (Lipinski definition) is 3. The second-order valence-corrected chi connectivity index (χ2v) is 5.39. The molecule has 2 aromatic rings. The molecule has 1 aliphatic rings. The fraction of sp³-hybridized carbons (Fsp3) is 0.308. The second-order valence-electron chi connectivity index (χ2n) is 4.54. The van der Waals surface area contributed by atoms with E-state index in [0.29, 0.717) is 13.0 Å². The van der Waals surface area contributed by atoms with Gasteiger partial charge in [-0.05, 0) is 28.4 Å². The van der Waals surface area contributed by atoms with Gasteiger partial charge < -0.3 is 14.8 Å². The molecule has 1 saturated heterocycles. The van der Waals surface area contributed by atoms with Crippen molar-refractivity contribution in [2.75, 3.05) is 6.54 Å². The van der Waals surface area contributed by atoms with Crippen LogP contribution < -0.4 is 5.32 Å². The number of hydrogen-bond donors (Lipinski definition) is 2. The largest absolute Gasteiger partial charge is 0.481 e. The Labute approximate surface area is 112 Å². The number of carbonyl (C=O) groups is 1. The lowest BCUT2D eigenvalue weighted by Gasteiger charge is -2.10. The van der Waals surface area contributed by atoms with Crippen molar-refractivity contribution in [2.24, 2.45) is 5.92 Å². The smallest absolute Gasteiger partial charge is 0.307 e. The summed E-state index contributed by atoms with van der Waals surface area (Å²) in [6, 6.07) is 5.98. The molecule has 2 atom stereocenters. The summed E-state index contributed by atoms with van der Waals surface area (Å²) in [5.74, 6) is -1.05. The molecule has 0 radical (unpaired) electrons. The van der Waals surface area contributed by atoms with E-state index in [1.54, 1.807) is 6.26 Å². The first-order chi connectivity index (χ1) is 8.66. The van der Waals surface area contributed by atoms with Crippen LogP contribution in [0.3, 0.4) is 0 Å². The Morgan fingerprint density at radius 3 is 3.06 bits per heavy atom. The third-order valence-electron chi connectivity index (χ3n) is 3.44. The molecule has 0 bridgehead atoms. The predicted octanol–water partition coefficient (Wildman–Crippen LogP) is 2.93. The van der Waals surface area contributed by atoms with Crippen molar-refractivity contribution >= 4 is 32.9 Å². The van der Waals surface area contributed by atoms with Crippen LogP contribution in [0.1, 0.15) is 18.0 Å². The quantitative estimate of drug-likeness (QED) is 0.895. The Balaban J connectivity index is 1.98. The zero-order valence-electron chi connectivity index (χ0n) is 9.52. The molecule has 0 saturated carbocycles. The van der Waals surface area contributed by atoms with Gasteiger partial charge in [0.05, 0.1) is 10.4 Å². The van der Waals surface area contributed by atoms with Crippen LogP contribution in [0.25, 0.3) is 11.0 Å². The maximum absolute atomic E-state index is 11.0. The normalized spacial score (nSPS) is 23.6. The zero-order valence-corrected chi connectivity index (χ0v) is 11.1. The molecular formula is C13H12BrNO3. The highest BCUT2D eigenvalue weighted by molar-refractivity contribution is 9.10. The molecule has 2 N–H and O–H groups in total. The first-order valence-electron chi connectivity index (χ1n) is 5.78. The summed E-state index contributed by atoms with van der Waals surface area (Å²) in [5, 5.41) is 13.3. The molecule has 2 unspecified atom stereocenters. The predicted molar refractivity (Wildman–Crippen MR) is 70.4 cm³/mol. The van der Waals surface area contributed by atoms with E-state index in [0.717, 1.165) is 21.0 Å². The maximum Gasteiger partial charge on any atom is 0.307 e. The van der Waals surface area contributed by atoms with Gasteiger partial charge in [-0.15, -0.1) is 0 Å². The molecule has 94 valence electrons. The second kappa shape index (κ2) is 4.40. The van der Waals surface area contributed by atoms with E-state index < -0.39 is 5.97 Å². The molecule has 3 rings (SSSR count). The number of para-hydroxylation sites is 1. The Bertz CT molecular complexity index is 607. The summed E-state index contributed by atoms with van der Waals surface area (Å²) < 4.78 is 6.48. The number of carboxylic acids is 1. The third-order valence-corrected chi connectivity index (χ3v) is 4.05. The summed E-state index contributed by atoms with van der Waals surface area (Å²) in [6.07, 6.45) is 2.27. The van der Waals surface area contributed by atoms with Crippen LogP contribution in [0.15, 0.2) is 33.4 Å². The Morgan fingerprint density at radius 1 is 1.50 bits per heavy atom. The van der Waals surface area contributed by atoms with E-state index in [2.05, 4.69) is 21.2 Å². The van der Waals surface area contributed by atoms with Crippen LogP contribution in [0, 0.1) is 5.92 Å². The van der Waals surface area contributed by atoms with Gasteiger partial charge in [-0.1, -0.05) is 12.1 Å². The number of halogens is 1. The SMILES string of the molecule is O=C(O)C1CNC(c2cccc3c(Br)coc23)C1. The van der Waals surface area contributed by atoms with E-state index in [9.17, 15) is 4.79 Å². The van der Waals surface area contributed by atoms with Gasteiger partial charge in [0.25, 0.3) is 0 Å². The molecule has 4 nitrogen and oxygen atoms in total. The molecule has 1 aromatic heterocycles. The highest BCUT2D eigenvalue weighted by atomic mass is 79.9. The standard InChI is InChI=1S/C13H12BrNO3/c14-10-6-18-12-8(10)2-1-3-9(12)11-4-7(5-15-11)13(16)17/h1-3,6-7,11,15H,4-5H2,(H,16,17). The van der Waals surface area contributed by atoms with Crippen LogP contribution >= 0.6 is 15.9 Å². The van der Waals surface area contributed by atoms with E-state index in [4.69, 9.17) is 9.52 Å². The molecule has 1 aliphatic heterocycles. The molecular weight excluding hydrogens is 298 g/mol. The lowest BCUT2D eigenvalue weighted by Crippen LogP contribution is -2.17. The van der Waals surface area contributed by atoms with Crippen LogP contribution in [-0.4, -0.2) is 17.6 Å². The Kier molecular flexibility index (Phi) is 2.87. The highest BCUT2D eigenvalue weighted by Crippen LogP contribution is 2.35. The van der Waals surface area contributed by atoms with Crippen LogP contribution in [0.5, 0.6) is 0 Å². The zero-order chi connectivity index (χ0) is 12.7. The van der Waals surface area contributed by atoms with Gasteiger partial charge in [0, 0.05) is 23.5 Å². The fourth-order valence-electron chi connectivity index (χ4n) is 2.48. The average Bonchev–Trinajstić information content (AvgIpc) is 2.97. The van der Waals surface area contributed by atoms with Crippen LogP contribution in [0.4, 0.5) is 0 Å². The summed E-state index contributed by atoms with van der Waals surface area (Å²) in [6.45, 7) is 0.512. The van der Waals surface area contributed by atoms with Crippen molar-refractivity contribution in [1.29, 1.82) is 0 Å². The number of carboxylic acid groups (broad SMARTS) is 1.